The van der Waals surface area contributed by atoms with Crippen LogP contribution in [0.3, 0.4) is 0 Å². The van der Waals surface area contributed by atoms with Gasteiger partial charge in [-0.05, 0) is 73.8 Å². The van der Waals surface area contributed by atoms with E-state index >= 15 is 0 Å². The van der Waals surface area contributed by atoms with E-state index in [4.69, 9.17) is 0 Å². The zero-order valence-electron chi connectivity index (χ0n) is 19.2. The summed E-state index contributed by atoms with van der Waals surface area (Å²) in [5.74, 6) is -2.30. The van der Waals surface area contributed by atoms with Gasteiger partial charge in [-0.15, -0.1) is 0 Å². The number of hydrogen-bond donors (Lipinski definition) is 1. The van der Waals surface area contributed by atoms with Crippen LogP contribution in [-0.4, -0.2) is 29.5 Å². The largest absolute Gasteiger partial charge is 0.371 e. The molecule has 1 aromatic carbocycles. The fraction of sp³-hybridized carbons (Fsp3) is 0.538. The van der Waals surface area contributed by atoms with Gasteiger partial charge < -0.3 is 14.8 Å². The molecular weight excluding hydrogens is 424 g/mol. The van der Waals surface area contributed by atoms with Crippen molar-refractivity contribution < 1.29 is 13.6 Å². The number of benzene rings is 1. The second-order valence-corrected chi connectivity index (χ2v) is 10.4. The number of pyridine rings is 1. The number of piperidine rings is 1. The Morgan fingerprint density at radius 2 is 1.91 bits per heavy atom. The molecule has 1 aromatic heterocycles. The van der Waals surface area contributed by atoms with Crippen LogP contribution in [0, 0.1) is 18.3 Å². The van der Waals surface area contributed by atoms with E-state index in [1.54, 1.807) is 18.3 Å². The number of anilines is 2. The normalized spacial score (nSPS) is 26.5. The van der Waals surface area contributed by atoms with Crippen LogP contribution >= 0.6 is 0 Å². The summed E-state index contributed by atoms with van der Waals surface area (Å²) in [6, 6.07) is 8.79. The first-order valence-corrected chi connectivity index (χ1v) is 11.9. The van der Waals surface area contributed by atoms with Gasteiger partial charge in [0.1, 0.15) is 5.69 Å². The van der Waals surface area contributed by atoms with Gasteiger partial charge in [0.2, 0.25) is 5.92 Å². The Morgan fingerprint density at radius 1 is 1.15 bits per heavy atom. The molecule has 1 amide bonds. The molecule has 0 bridgehead atoms. The Hall–Kier alpha value is -2.70. The Labute approximate surface area is 192 Å². The second kappa shape index (κ2) is 7.96. The van der Waals surface area contributed by atoms with Crippen LogP contribution in [0.4, 0.5) is 20.2 Å². The minimum absolute atomic E-state index is 0.180. The molecule has 176 valence electrons. The molecule has 3 fully saturated rings. The minimum Gasteiger partial charge on any atom is -0.371 e. The highest BCUT2D eigenvalue weighted by atomic mass is 19.3. The van der Waals surface area contributed by atoms with Crippen LogP contribution in [-0.2, 0) is 0 Å². The number of amides is 1. The van der Waals surface area contributed by atoms with Crippen molar-refractivity contribution in [1.82, 2.24) is 4.57 Å². The average Bonchev–Trinajstić information content (AvgIpc) is 3.46. The maximum Gasteiger partial charge on any atom is 0.274 e. The highest BCUT2D eigenvalue weighted by Crippen LogP contribution is 2.57. The first kappa shape index (κ1) is 22.1. The molecule has 2 heterocycles. The summed E-state index contributed by atoms with van der Waals surface area (Å²) < 4.78 is 28.6. The van der Waals surface area contributed by atoms with Crippen molar-refractivity contribution in [3.05, 3.63) is 58.0 Å². The quantitative estimate of drug-likeness (QED) is 0.672. The molecule has 2 atom stereocenters. The van der Waals surface area contributed by atoms with Crippen LogP contribution in [0.5, 0.6) is 0 Å². The first-order valence-electron chi connectivity index (χ1n) is 11.9. The van der Waals surface area contributed by atoms with Crippen LogP contribution in [0.2, 0.25) is 0 Å². The molecule has 0 spiro atoms. The Kier molecular flexibility index (Phi) is 5.33. The predicted molar refractivity (Wildman–Crippen MR) is 125 cm³/mol. The van der Waals surface area contributed by atoms with E-state index in [1.165, 1.54) is 11.0 Å². The van der Waals surface area contributed by atoms with E-state index in [1.807, 2.05) is 25.1 Å². The number of nitrogens with one attached hydrogen (secondary N) is 1. The zero-order valence-corrected chi connectivity index (χ0v) is 19.2. The lowest BCUT2D eigenvalue weighted by Crippen LogP contribution is -2.36. The van der Waals surface area contributed by atoms with Gasteiger partial charge in [-0.3, -0.25) is 9.59 Å². The summed E-state index contributed by atoms with van der Waals surface area (Å²) in [7, 11) is 0. The molecule has 1 aliphatic heterocycles. The number of aryl methyl sites for hydroxylation is 1. The van der Waals surface area contributed by atoms with Crippen LogP contribution in [0.15, 0.2) is 41.3 Å². The van der Waals surface area contributed by atoms with Gasteiger partial charge in [0.15, 0.2) is 0 Å². The van der Waals surface area contributed by atoms with Gasteiger partial charge in [0.05, 0.1) is 5.56 Å². The lowest BCUT2D eigenvalue weighted by atomic mass is 9.92. The highest BCUT2D eigenvalue weighted by Gasteiger charge is 2.52. The number of hydrogen-bond acceptors (Lipinski definition) is 3. The van der Waals surface area contributed by atoms with Gasteiger partial charge in [-0.25, -0.2) is 8.78 Å². The molecule has 1 saturated heterocycles. The van der Waals surface area contributed by atoms with Crippen molar-refractivity contribution in [1.29, 1.82) is 0 Å². The van der Waals surface area contributed by atoms with E-state index in [0.29, 0.717) is 16.9 Å². The lowest BCUT2D eigenvalue weighted by Gasteiger charge is -2.33. The molecule has 0 radical (unpaired) electrons. The Morgan fingerprint density at radius 3 is 2.64 bits per heavy atom. The van der Waals surface area contributed by atoms with Gasteiger partial charge in [-0.1, -0.05) is 13.0 Å². The van der Waals surface area contributed by atoms with Crippen molar-refractivity contribution in [2.75, 3.05) is 23.3 Å². The third-order valence-electron chi connectivity index (χ3n) is 7.97. The summed E-state index contributed by atoms with van der Waals surface area (Å²) >= 11 is 0. The molecule has 2 aliphatic carbocycles. The van der Waals surface area contributed by atoms with Crippen molar-refractivity contribution in [3.63, 3.8) is 0 Å². The molecular formula is C26H31F2N3O2. The number of halogens is 2. The van der Waals surface area contributed by atoms with Crippen LogP contribution in [0.1, 0.15) is 67.4 Å². The number of carbonyl (C=O) groups is 1. The summed E-state index contributed by atoms with van der Waals surface area (Å²) in [5.41, 5.74) is 2.84. The lowest BCUT2D eigenvalue weighted by molar-refractivity contribution is -0.0442. The van der Waals surface area contributed by atoms with Crippen molar-refractivity contribution in [2.45, 2.75) is 64.3 Å². The fourth-order valence-electron chi connectivity index (χ4n) is 5.54. The van der Waals surface area contributed by atoms with Gasteiger partial charge >= 0.3 is 0 Å². The molecule has 5 nitrogen and oxygen atoms in total. The summed E-state index contributed by atoms with van der Waals surface area (Å²) in [6.07, 6.45) is 4.06. The fourth-order valence-corrected chi connectivity index (χ4v) is 5.54. The number of fused-ring (bicyclic) bond motifs is 1. The monoisotopic (exact) mass is 455 g/mol. The zero-order chi connectivity index (χ0) is 23.4. The van der Waals surface area contributed by atoms with Crippen LogP contribution < -0.4 is 15.8 Å². The SMILES string of the molecule is Cc1ccc(C(=O)Nc2cccn(C3CCC(F)(F)CC3)c2=O)c(N2CCC3(C)CC3C2)c1. The highest BCUT2D eigenvalue weighted by molar-refractivity contribution is 6.08. The summed E-state index contributed by atoms with van der Waals surface area (Å²) in [6.45, 7) is 6.22. The Balaban J connectivity index is 1.37. The van der Waals surface area contributed by atoms with E-state index in [-0.39, 0.29) is 48.9 Å². The first-order chi connectivity index (χ1) is 15.7. The molecule has 33 heavy (non-hydrogen) atoms. The molecule has 2 unspecified atom stereocenters. The van der Waals surface area contributed by atoms with E-state index in [2.05, 4.69) is 17.1 Å². The van der Waals surface area contributed by atoms with Gasteiger partial charge in [-0.2, -0.15) is 0 Å². The maximum atomic E-state index is 13.6. The number of carbonyl (C=O) groups excluding carboxylic acids is 1. The van der Waals surface area contributed by atoms with E-state index in [0.717, 1.165) is 30.8 Å². The molecule has 7 heteroatoms. The van der Waals surface area contributed by atoms with Gasteiger partial charge in [0.25, 0.3) is 11.5 Å². The standard InChI is InChI=1S/C26H31F2N3O2/c1-17-5-6-20(22(14-17)30-13-11-25(2)15-18(25)16-30)23(32)29-21-4-3-12-31(24(21)33)19-7-9-26(27,28)10-8-19/h3-6,12,14,18-19H,7-11,13,15-16H2,1-2H3,(H,29,32). The second-order valence-electron chi connectivity index (χ2n) is 10.4. The predicted octanol–water partition coefficient (Wildman–Crippen LogP) is 5.40. The van der Waals surface area contributed by atoms with E-state index in [9.17, 15) is 18.4 Å². The smallest absolute Gasteiger partial charge is 0.274 e. The van der Waals surface area contributed by atoms with Crippen molar-refractivity contribution in [3.8, 4) is 0 Å². The van der Waals surface area contributed by atoms with Gasteiger partial charge in [0, 0.05) is 43.9 Å². The number of aromatic nitrogens is 1. The summed E-state index contributed by atoms with van der Waals surface area (Å²) in [4.78, 5) is 28.7. The summed E-state index contributed by atoms with van der Waals surface area (Å²) in [5, 5.41) is 2.80. The molecule has 2 saturated carbocycles. The molecule has 2 aromatic rings. The topological polar surface area (TPSA) is 54.3 Å². The van der Waals surface area contributed by atoms with Crippen molar-refractivity contribution >= 4 is 17.3 Å². The van der Waals surface area contributed by atoms with E-state index < -0.39 is 5.92 Å². The molecule has 5 rings (SSSR count). The third-order valence-corrected chi connectivity index (χ3v) is 7.97. The number of alkyl halides is 2. The molecule has 1 N–H and O–H groups in total. The average molecular weight is 456 g/mol. The third kappa shape index (κ3) is 4.30. The Bertz CT molecular complexity index is 1130. The molecule has 3 aliphatic rings. The van der Waals surface area contributed by atoms with Crippen molar-refractivity contribution in [2.24, 2.45) is 11.3 Å². The number of rotatable bonds is 4. The number of nitrogens with zero attached hydrogens (tertiary/aromatic N) is 2. The maximum absolute atomic E-state index is 13.6. The minimum atomic E-state index is -2.65. The van der Waals surface area contributed by atoms with Crippen LogP contribution in [0.25, 0.3) is 0 Å².